The number of carbonyl (C=O) groups is 1. The Bertz CT molecular complexity index is 594. The lowest BCUT2D eigenvalue weighted by Gasteiger charge is -2.17. The molecule has 2 rings (SSSR count). The van der Waals surface area contributed by atoms with E-state index >= 15 is 0 Å². The lowest BCUT2D eigenvalue weighted by atomic mass is 10.1. The molecule has 0 radical (unpaired) electrons. The molecule has 0 heterocycles. The van der Waals surface area contributed by atoms with Crippen LogP contribution >= 0.6 is 24.0 Å². The zero-order chi connectivity index (χ0) is 18.8. The average Bonchev–Trinajstić information content (AvgIpc) is 3.45. The van der Waals surface area contributed by atoms with E-state index in [0.717, 1.165) is 31.4 Å². The molecule has 1 aromatic rings. The van der Waals surface area contributed by atoms with Crippen molar-refractivity contribution < 1.29 is 13.9 Å². The van der Waals surface area contributed by atoms with Gasteiger partial charge in [0.25, 0.3) is 0 Å². The van der Waals surface area contributed by atoms with Crippen molar-refractivity contribution in [3.63, 3.8) is 0 Å². The first-order valence-corrected chi connectivity index (χ1v) is 9.32. The van der Waals surface area contributed by atoms with Crippen molar-refractivity contribution in [2.24, 2.45) is 10.9 Å². The van der Waals surface area contributed by atoms with Crippen molar-refractivity contribution in [3.8, 4) is 0 Å². The van der Waals surface area contributed by atoms with Gasteiger partial charge in [0.1, 0.15) is 5.82 Å². The number of nitrogens with one attached hydrogen (secondary N) is 3. The largest absolute Gasteiger partial charge is 0.450 e. The highest BCUT2D eigenvalue weighted by Gasteiger charge is 2.32. The van der Waals surface area contributed by atoms with Crippen LogP contribution in [0.4, 0.5) is 9.18 Å². The highest BCUT2D eigenvalue weighted by molar-refractivity contribution is 14.0. The molecule has 1 aliphatic rings. The van der Waals surface area contributed by atoms with E-state index in [0.29, 0.717) is 31.6 Å². The summed E-state index contributed by atoms with van der Waals surface area (Å²) in [4.78, 5) is 16.3. The Morgan fingerprint density at radius 1 is 1.26 bits per heavy atom. The number of ether oxygens (including phenoxy) is 1. The summed E-state index contributed by atoms with van der Waals surface area (Å²) < 4.78 is 17.9. The number of aliphatic imine (C=N–C) groups is 1. The summed E-state index contributed by atoms with van der Waals surface area (Å²) >= 11 is 0. The normalized spacial score (nSPS) is 14.7. The lowest BCUT2D eigenvalue weighted by Crippen LogP contribution is -2.42. The molecule has 0 spiro atoms. The van der Waals surface area contributed by atoms with Crippen LogP contribution < -0.4 is 16.0 Å². The SMILES string of the molecule is CCNC(=NCC(NC(=O)OCC)C1CC1)NCCc1ccc(F)cc1.I. The van der Waals surface area contributed by atoms with Gasteiger partial charge in [-0.15, -0.1) is 24.0 Å². The van der Waals surface area contributed by atoms with Gasteiger partial charge in [0.2, 0.25) is 0 Å². The van der Waals surface area contributed by atoms with Crippen molar-refractivity contribution >= 4 is 36.0 Å². The molecule has 1 amide bonds. The third-order valence-corrected chi connectivity index (χ3v) is 4.18. The van der Waals surface area contributed by atoms with Crippen LogP contribution in [0.5, 0.6) is 0 Å². The van der Waals surface area contributed by atoms with Crippen molar-refractivity contribution in [1.29, 1.82) is 0 Å². The summed E-state index contributed by atoms with van der Waals surface area (Å²) in [5, 5.41) is 9.39. The second kappa shape index (κ2) is 12.7. The van der Waals surface area contributed by atoms with Crippen molar-refractivity contribution in [2.45, 2.75) is 39.2 Å². The third-order valence-electron chi connectivity index (χ3n) is 4.18. The maximum Gasteiger partial charge on any atom is 0.407 e. The Morgan fingerprint density at radius 3 is 2.56 bits per heavy atom. The highest BCUT2D eigenvalue weighted by atomic mass is 127. The molecule has 0 aliphatic heterocycles. The monoisotopic (exact) mass is 492 g/mol. The molecular weight excluding hydrogens is 462 g/mol. The van der Waals surface area contributed by atoms with Crippen molar-refractivity contribution in [3.05, 3.63) is 35.6 Å². The van der Waals surface area contributed by atoms with Gasteiger partial charge in [-0.05, 0) is 56.7 Å². The van der Waals surface area contributed by atoms with Crippen LogP contribution in [0.3, 0.4) is 0 Å². The molecule has 27 heavy (non-hydrogen) atoms. The predicted molar refractivity (Wildman–Crippen MR) is 116 cm³/mol. The number of hydrogen-bond acceptors (Lipinski definition) is 3. The van der Waals surface area contributed by atoms with Gasteiger partial charge >= 0.3 is 6.09 Å². The number of carbonyl (C=O) groups excluding carboxylic acids is 1. The zero-order valence-corrected chi connectivity index (χ0v) is 18.3. The van der Waals surface area contributed by atoms with Crippen LogP contribution in [0.15, 0.2) is 29.3 Å². The van der Waals surface area contributed by atoms with Gasteiger partial charge in [0, 0.05) is 13.1 Å². The minimum absolute atomic E-state index is 0. The Morgan fingerprint density at radius 2 is 1.96 bits per heavy atom. The predicted octanol–water partition coefficient (Wildman–Crippen LogP) is 3.07. The first kappa shape index (κ1) is 23.5. The quantitative estimate of drug-likeness (QED) is 0.282. The van der Waals surface area contributed by atoms with Gasteiger partial charge in [0.05, 0.1) is 19.2 Å². The Labute approximate surface area is 177 Å². The summed E-state index contributed by atoms with van der Waals surface area (Å²) in [5.74, 6) is 0.966. The second-order valence-electron chi connectivity index (χ2n) is 6.33. The molecule has 6 nitrogen and oxygen atoms in total. The van der Waals surface area contributed by atoms with Crippen LogP contribution in [0.2, 0.25) is 0 Å². The van der Waals surface area contributed by atoms with Crippen molar-refractivity contribution in [2.75, 3.05) is 26.2 Å². The zero-order valence-electron chi connectivity index (χ0n) is 16.0. The number of hydrogen-bond donors (Lipinski definition) is 3. The molecule has 152 valence electrons. The summed E-state index contributed by atoms with van der Waals surface area (Å²) in [6, 6.07) is 6.51. The van der Waals surface area contributed by atoms with E-state index < -0.39 is 0 Å². The average molecular weight is 492 g/mol. The molecule has 8 heteroatoms. The van der Waals surface area contributed by atoms with E-state index in [-0.39, 0.29) is 41.9 Å². The van der Waals surface area contributed by atoms with Gasteiger partial charge in [0.15, 0.2) is 5.96 Å². The third kappa shape index (κ3) is 9.25. The fraction of sp³-hybridized carbons (Fsp3) is 0.579. The van der Waals surface area contributed by atoms with E-state index in [1.165, 1.54) is 12.1 Å². The van der Waals surface area contributed by atoms with Crippen molar-refractivity contribution in [1.82, 2.24) is 16.0 Å². The lowest BCUT2D eigenvalue weighted by molar-refractivity contribution is 0.147. The number of guanidine groups is 1. The van der Waals surface area contributed by atoms with E-state index in [9.17, 15) is 9.18 Å². The number of rotatable bonds is 9. The van der Waals surface area contributed by atoms with E-state index in [4.69, 9.17) is 4.74 Å². The molecule has 1 fully saturated rings. The Kier molecular flexibility index (Phi) is 11.1. The minimum Gasteiger partial charge on any atom is -0.450 e. The molecule has 1 atom stereocenters. The Balaban J connectivity index is 0.00000364. The summed E-state index contributed by atoms with van der Waals surface area (Å²) in [7, 11) is 0. The molecule has 1 aliphatic carbocycles. The summed E-state index contributed by atoms with van der Waals surface area (Å²) in [6.45, 7) is 6.11. The van der Waals surface area contributed by atoms with Gasteiger partial charge in [-0.3, -0.25) is 4.99 Å². The molecule has 0 saturated heterocycles. The minimum atomic E-state index is -0.381. The fourth-order valence-corrected chi connectivity index (χ4v) is 2.64. The second-order valence-corrected chi connectivity index (χ2v) is 6.33. The van der Waals surface area contributed by atoms with E-state index in [1.807, 2.05) is 6.92 Å². The molecule has 0 bridgehead atoms. The number of amides is 1. The standard InChI is InChI=1S/C19H29FN4O2.HI/c1-3-21-18(22-12-11-14-5-9-16(20)10-6-14)23-13-17(15-7-8-15)24-19(25)26-4-2;/h5-6,9-10,15,17H,3-4,7-8,11-13H2,1-2H3,(H,24,25)(H2,21,22,23);1H. The van der Waals surface area contributed by atoms with Crippen LogP contribution in [0.1, 0.15) is 32.3 Å². The van der Waals surface area contributed by atoms with Gasteiger partial charge in [-0.25, -0.2) is 9.18 Å². The first-order valence-electron chi connectivity index (χ1n) is 9.32. The molecule has 3 N–H and O–H groups in total. The number of nitrogens with zero attached hydrogens (tertiary/aromatic N) is 1. The number of benzene rings is 1. The van der Waals surface area contributed by atoms with Crippen LogP contribution in [-0.2, 0) is 11.2 Å². The molecule has 1 saturated carbocycles. The maximum absolute atomic E-state index is 12.9. The molecule has 1 unspecified atom stereocenters. The molecular formula is C19H30FIN4O2. The maximum atomic E-state index is 12.9. The number of halogens is 2. The van der Waals surface area contributed by atoms with Crippen LogP contribution in [0.25, 0.3) is 0 Å². The van der Waals surface area contributed by atoms with Gasteiger partial charge in [-0.1, -0.05) is 12.1 Å². The Hall–Kier alpha value is -1.58. The molecule has 0 aromatic heterocycles. The summed E-state index contributed by atoms with van der Waals surface area (Å²) in [6.07, 6.45) is 2.62. The van der Waals surface area contributed by atoms with E-state index in [2.05, 4.69) is 20.9 Å². The van der Waals surface area contributed by atoms with Gasteiger partial charge in [-0.2, -0.15) is 0 Å². The smallest absolute Gasteiger partial charge is 0.407 e. The topological polar surface area (TPSA) is 74.8 Å². The number of alkyl carbamates (subject to hydrolysis) is 1. The fourth-order valence-electron chi connectivity index (χ4n) is 2.64. The van der Waals surface area contributed by atoms with Gasteiger partial charge < -0.3 is 20.7 Å². The van der Waals surface area contributed by atoms with Crippen LogP contribution in [0, 0.1) is 11.7 Å². The van der Waals surface area contributed by atoms with Crippen LogP contribution in [-0.4, -0.2) is 44.3 Å². The highest BCUT2D eigenvalue weighted by Crippen LogP contribution is 2.32. The molecule has 1 aromatic carbocycles. The first-order chi connectivity index (χ1) is 12.6. The summed E-state index contributed by atoms with van der Waals surface area (Å²) in [5.41, 5.74) is 1.06. The van der Waals surface area contributed by atoms with E-state index in [1.54, 1.807) is 19.1 Å².